The highest BCUT2D eigenvalue weighted by atomic mass is 16.2. The predicted molar refractivity (Wildman–Crippen MR) is 84.3 cm³/mol. The van der Waals surface area contributed by atoms with Gasteiger partial charge < -0.3 is 10.2 Å². The Morgan fingerprint density at radius 2 is 1.81 bits per heavy atom. The van der Waals surface area contributed by atoms with Gasteiger partial charge in [0.05, 0.1) is 0 Å². The van der Waals surface area contributed by atoms with Crippen molar-refractivity contribution in [2.75, 3.05) is 19.6 Å². The Bertz CT molecular complexity index is 607. The van der Waals surface area contributed by atoms with E-state index >= 15 is 0 Å². The van der Waals surface area contributed by atoms with Crippen molar-refractivity contribution in [1.29, 1.82) is 0 Å². The summed E-state index contributed by atoms with van der Waals surface area (Å²) >= 11 is 0. The summed E-state index contributed by atoms with van der Waals surface area (Å²) in [4.78, 5) is 14.5. The molecule has 1 atom stereocenters. The number of amides is 1. The van der Waals surface area contributed by atoms with E-state index in [4.69, 9.17) is 0 Å². The van der Waals surface area contributed by atoms with E-state index < -0.39 is 0 Å². The Morgan fingerprint density at radius 1 is 1.10 bits per heavy atom. The molecule has 0 aromatic heterocycles. The quantitative estimate of drug-likeness (QED) is 0.917. The fourth-order valence-corrected chi connectivity index (χ4v) is 2.72. The number of aryl methyl sites for hydroxylation is 1. The van der Waals surface area contributed by atoms with Gasteiger partial charge in [-0.2, -0.15) is 0 Å². The average molecular weight is 280 g/mol. The van der Waals surface area contributed by atoms with Gasteiger partial charge in [0.1, 0.15) is 0 Å². The van der Waals surface area contributed by atoms with E-state index in [9.17, 15) is 4.79 Å². The van der Waals surface area contributed by atoms with Crippen molar-refractivity contribution >= 4 is 5.91 Å². The number of benzene rings is 2. The number of carbonyl (C=O) groups excluding carboxylic acids is 1. The lowest BCUT2D eigenvalue weighted by Gasteiger charge is -2.34. The molecule has 21 heavy (non-hydrogen) atoms. The minimum atomic E-state index is 0.123. The second-order valence-corrected chi connectivity index (χ2v) is 5.53. The number of carbonyl (C=O) groups is 1. The lowest BCUT2D eigenvalue weighted by atomic mass is 10.0. The fraction of sp³-hybridized carbons (Fsp3) is 0.278. The lowest BCUT2D eigenvalue weighted by Crippen LogP contribution is -2.48. The summed E-state index contributed by atoms with van der Waals surface area (Å²) in [5.41, 5.74) is 3.18. The molecule has 0 aliphatic carbocycles. The number of hydrogen-bond acceptors (Lipinski definition) is 2. The topological polar surface area (TPSA) is 32.3 Å². The maximum absolute atomic E-state index is 12.6. The molecule has 1 unspecified atom stereocenters. The third-order valence-electron chi connectivity index (χ3n) is 3.96. The summed E-state index contributed by atoms with van der Waals surface area (Å²) in [6.07, 6.45) is 0. The van der Waals surface area contributed by atoms with Crippen LogP contribution in [0.3, 0.4) is 0 Å². The minimum Gasteiger partial charge on any atom is -0.335 e. The van der Waals surface area contributed by atoms with Crippen molar-refractivity contribution < 1.29 is 4.79 Å². The van der Waals surface area contributed by atoms with Gasteiger partial charge in [-0.05, 0) is 24.6 Å². The molecule has 3 heteroatoms. The Balaban J connectivity index is 1.74. The molecule has 1 N–H and O–H groups in total. The van der Waals surface area contributed by atoms with Crippen molar-refractivity contribution in [3.8, 4) is 0 Å². The first-order valence-corrected chi connectivity index (χ1v) is 7.38. The highest BCUT2D eigenvalue weighted by Gasteiger charge is 2.24. The van der Waals surface area contributed by atoms with E-state index in [1.807, 2.05) is 54.3 Å². The summed E-state index contributed by atoms with van der Waals surface area (Å²) in [7, 11) is 0. The van der Waals surface area contributed by atoms with E-state index in [2.05, 4.69) is 17.4 Å². The van der Waals surface area contributed by atoms with Gasteiger partial charge >= 0.3 is 0 Å². The van der Waals surface area contributed by atoms with Crippen LogP contribution in [0.5, 0.6) is 0 Å². The summed E-state index contributed by atoms with van der Waals surface area (Å²) in [5, 5.41) is 3.49. The van der Waals surface area contributed by atoms with E-state index in [1.165, 1.54) is 11.1 Å². The monoisotopic (exact) mass is 280 g/mol. The van der Waals surface area contributed by atoms with Gasteiger partial charge in [-0.3, -0.25) is 4.79 Å². The lowest BCUT2D eigenvalue weighted by molar-refractivity contribution is 0.0703. The first-order chi connectivity index (χ1) is 10.2. The zero-order valence-corrected chi connectivity index (χ0v) is 12.3. The fourth-order valence-electron chi connectivity index (χ4n) is 2.72. The molecule has 2 aromatic carbocycles. The summed E-state index contributed by atoms with van der Waals surface area (Å²) in [6, 6.07) is 18.3. The van der Waals surface area contributed by atoms with Crippen molar-refractivity contribution in [3.05, 3.63) is 71.3 Å². The van der Waals surface area contributed by atoms with Gasteiger partial charge in [-0.15, -0.1) is 0 Å². The van der Waals surface area contributed by atoms with Crippen LogP contribution in [0.4, 0.5) is 0 Å². The molecule has 3 rings (SSSR count). The molecule has 1 saturated heterocycles. The van der Waals surface area contributed by atoms with E-state index in [0.717, 1.165) is 25.2 Å². The molecule has 3 nitrogen and oxygen atoms in total. The van der Waals surface area contributed by atoms with E-state index in [0.29, 0.717) is 0 Å². The molecule has 1 fully saturated rings. The van der Waals surface area contributed by atoms with Crippen LogP contribution in [0.2, 0.25) is 0 Å². The Hall–Kier alpha value is -2.13. The highest BCUT2D eigenvalue weighted by Crippen LogP contribution is 2.18. The number of nitrogens with one attached hydrogen (secondary N) is 1. The number of piperazine rings is 1. The summed E-state index contributed by atoms with van der Waals surface area (Å²) < 4.78 is 0. The second kappa shape index (κ2) is 6.10. The molecule has 0 radical (unpaired) electrons. The highest BCUT2D eigenvalue weighted by molar-refractivity contribution is 5.94. The van der Waals surface area contributed by atoms with Crippen LogP contribution in [0.1, 0.15) is 27.5 Å². The third-order valence-corrected chi connectivity index (χ3v) is 3.96. The second-order valence-electron chi connectivity index (χ2n) is 5.53. The molecule has 0 saturated carbocycles. The molecule has 0 bridgehead atoms. The predicted octanol–water partition coefficient (Wildman–Crippen LogP) is 2.78. The van der Waals surface area contributed by atoms with Gasteiger partial charge in [0.25, 0.3) is 5.91 Å². The molecular formula is C18H20N2O. The third kappa shape index (κ3) is 3.14. The van der Waals surface area contributed by atoms with Crippen molar-refractivity contribution in [2.45, 2.75) is 13.0 Å². The largest absolute Gasteiger partial charge is 0.335 e. The van der Waals surface area contributed by atoms with Crippen LogP contribution >= 0.6 is 0 Å². The van der Waals surface area contributed by atoms with Crippen LogP contribution in [-0.2, 0) is 0 Å². The van der Waals surface area contributed by atoms with Crippen molar-refractivity contribution in [2.24, 2.45) is 0 Å². The normalized spacial score (nSPS) is 18.5. The van der Waals surface area contributed by atoms with Gasteiger partial charge in [0.2, 0.25) is 0 Å². The van der Waals surface area contributed by atoms with E-state index in [1.54, 1.807) is 0 Å². The maximum Gasteiger partial charge on any atom is 0.253 e. The van der Waals surface area contributed by atoms with Crippen LogP contribution in [-0.4, -0.2) is 30.4 Å². The first-order valence-electron chi connectivity index (χ1n) is 7.38. The molecular weight excluding hydrogens is 260 g/mol. The zero-order chi connectivity index (χ0) is 14.7. The van der Waals surface area contributed by atoms with Gasteiger partial charge in [0.15, 0.2) is 0 Å². The van der Waals surface area contributed by atoms with Crippen molar-refractivity contribution in [3.63, 3.8) is 0 Å². The SMILES string of the molecule is Cc1ccc(C(=O)N2CCNC(c3ccccc3)C2)cc1. The first kappa shape index (κ1) is 13.8. The zero-order valence-electron chi connectivity index (χ0n) is 12.3. The molecule has 2 aromatic rings. The van der Waals surface area contributed by atoms with Crippen LogP contribution in [0.15, 0.2) is 54.6 Å². The molecule has 108 valence electrons. The Labute approximate surface area is 125 Å². The number of nitrogens with zero attached hydrogens (tertiary/aromatic N) is 1. The smallest absolute Gasteiger partial charge is 0.253 e. The van der Waals surface area contributed by atoms with Crippen LogP contribution in [0.25, 0.3) is 0 Å². The number of hydrogen-bond donors (Lipinski definition) is 1. The maximum atomic E-state index is 12.6. The Morgan fingerprint density at radius 3 is 2.52 bits per heavy atom. The minimum absolute atomic E-state index is 0.123. The van der Waals surface area contributed by atoms with Crippen LogP contribution < -0.4 is 5.32 Å². The molecule has 1 aliphatic rings. The van der Waals surface area contributed by atoms with Crippen molar-refractivity contribution in [1.82, 2.24) is 10.2 Å². The molecule has 1 heterocycles. The standard InChI is InChI=1S/C18H20N2O/c1-14-7-9-16(10-8-14)18(21)20-12-11-19-17(13-20)15-5-3-2-4-6-15/h2-10,17,19H,11-13H2,1H3. The molecule has 1 amide bonds. The molecule has 1 aliphatic heterocycles. The van der Waals surface area contributed by atoms with Gasteiger partial charge in [0, 0.05) is 31.2 Å². The summed E-state index contributed by atoms with van der Waals surface area (Å²) in [5.74, 6) is 0.123. The Kier molecular flexibility index (Phi) is 4.02. The molecule has 0 spiro atoms. The van der Waals surface area contributed by atoms with E-state index in [-0.39, 0.29) is 11.9 Å². The van der Waals surface area contributed by atoms with Gasteiger partial charge in [-0.1, -0.05) is 48.0 Å². The number of rotatable bonds is 2. The van der Waals surface area contributed by atoms with Gasteiger partial charge in [-0.25, -0.2) is 0 Å². The summed E-state index contributed by atoms with van der Waals surface area (Å²) in [6.45, 7) is 4.34. The average Bonchev–Trinajstić information content (AvgIpc) is 2.56. The van der Waals surface area contributed by atoms with Crippen LogP contribution in [0, 0.1) is 6.92 Å².